The minimum Gasteiger partial charge on any atom is -0.127 e. The SMILES string of the molecule is C=C/C=C\C1=C(C)C(C)=C(/C=C\C=C)C1(c1ccc(CCCC)cc1)c1ccc(CCCCl)cc1. The van der Waals surface area contributed by atoms with Crippen LogP contribution in [0.2, 0.25) is 0 Å². The summed E-state index contributed by atoms with van der Waals surface area (Å²) in [7, 11) is 0. The second-order valence-electron chi connectivity index (χ2n) is 9.31. The number of benzene rings is 2. The summed E-state index contributed by atoms with van der Waals surface area (Å²) in [5.74, 6) is 0.687. The van der Waals surface area contributed by atoms with E-state index in [-0.39, 0.29) is 0 Å². The molecule has 0 nitrogen and oxygen atoms in total. The predicted molar refractivity (Wildman–Crippen MR) is 155 cm³/mol. The first-order valence-corrected chi connectivity index (χ1v) is 13.3. The first kappa shape index (κ1) is 26.8. The number of allylic oxidation sites excluding steroid dienone is 10. The van der Waals surface area contributed by atoms with Crippen LogP contribution in [0.1, 0.15) is 62.3 Å². The molecule has 0 aromatic heterocycles. The third-order valence-electron chi connectivity index (χ3n) is 7.17. The van der Waals surface area contributed by atoms with E-state index in [9.17, 15) is 0 Å². The van der Waals surface area contributed by atoms with Crippen LogP contribution in [0.15, 0.2) is 120 Å². The number of hydrogen-bond acceptors (Lipinski definition) is 0. The van der Waals surface area contributed by atoms with Gasteiger partial charge in [-0.2, -0.15) is 0 Å². The first-order valence-electron chi connectivity index (χ1n) is 12.8. The topological polar surface area (TPSA) is 0 Å². The van der Waals surface area contributed by atoms with Crippen LogP contribution >= 0.6 is 11.6 Å². The van der Waals surface area contributed by atoms with Crippen LogP contribution in [-0.2, 0) is 18.3 Å². The second kappa shape index (κ2) is 12.8. The molecule has 0 radical (unpaired) electrons. The molecule has 0 N–H and O–H groups in total. The number of hydrogen-bond donors (Lipinski definition) is 0. The van der Waals surface area contributed by atoms with Crippen molar-refractivity contribution in [1.82, 2.24) is 0 Å². The summed E-state index contributed by atoms with van der Waals surface area (Å²) in [4.78, 5) is 0. The maximum atomic E-state index is 5.96. The summed E-state index contributed by atoms with van der Waals surface area (Å²) in [6, 6.07) is 18.5. The van der Waals surface area contributed by atoms with Crippen molar-refractivity contribution in [1.29, 1.82) is 0 Å². The van der Waals surface area contributed by atoms with Crippen molar-refractivity contribution in [3.8, 4) is 0 Å². The fourth-order valence-corrected chi connectivity index (χ4v) is 5.36. The van der Waals surface area contributed by atoms with Gasteiger partial charge in [-0.15, -0.1) is 11.6 Å². The molecule has 0 heterocycles. The standard InChI is InChI=1S/C34H39Cl/c1-6-9-13-28-17-21-30(22-18-28)34(31-23-19-29(20-24-31)14-12-25-35)32(15-10-7-2)26(4)27(5)33(34)16-11-8-3/h7-8,10-11,15-24H,2-3,6,9,12-14,25H2,1,4-5H3/b15-10-,16-11-. The van der Waals surface area contributed by atoms with Gasteiger partial charge in [-0.3, -0.25) is 0 Å². The van der Waals surface area contributed by atoms with Crippen molar-refractivity contribution in [2.75, 3.05) is 5.88 Å². The van der Waals surface area contributed by atoms with E-state index < -0.39 is 5.41 Å². The Bertz CT molecular complexity index is 1040. The van der Waals surface area contributed by atoms with Crippen LogP contribution in [0.25, 0.3) is 0 Å². The molecule has 2 aromatic rings. The molecule has 0 saturated heterocycles. The Balaban J connectivity index is 2.30. The zero-order chi connectivity index (χ0) is 25.3. The molecular formula is C34H39Cl. The van der Waals surface area contributed by atoms with Gasteiger partial charge >= 0.3 is 0 Å². The second-order valence-corrected chi connectivity index (χ2v) is 9.68. The van der Waals surface area contributed by atoms with Gasteiger partial charge in [0.05, 0.1) is 5.41 Å². The highest BCUT2D eigenvalue weighted by molar-refractivity contribution is 6.17. The maximum absolute atomic E-state index is 5.96. The summed E-state index contributed by atoms with van der Waals surface area (Å²) < 4.78 is 0. The lowest BCUT2D eigenvalue weighted by Crippen LogP contribution is -2.30. The van der Waals surface area contributed by atoms with Crippen LogP contribution in [0.5, 0.6) is 0 Å². The van der Waals surface area contributed by atoms with E-state index in [1.807, 2.05) is 12.2 Å². The van der Waals surface area contributed by atoms with Crippen LogP contribution in [0.3, 0.4) is 0 Å². The van der Waals surface area contributed by atoms with Crippen LogP contribution in [0.4, 0.5) is 0 Å². The summed E-state index contributed by atoms with van der Waals surface area (Å²) in [5, 5.41) is 0. The van der Waals surface area contributed by atoms with Crippen molar-refractivity contribution >= 4 is 11.6 Å². The molecule has 0 atom stereocenters. The van der Waals surface area contributed by atoms with Gasteiger partial charge in [0.1, 0.15) is 0 Å². The molecule has 2 aromatic carbocycles. The smallest absolute Gasteiger partial charge is 0.0706 e. The molecule has 0 bridgehead atoms. The van der Waals surface area contributed by atoms with Crippen molar-refractivity contribution in [3.05, 3.63) is 143 Å². The Labute approximate surface area is 218 Å². The lowest BCUT2D eigenvalue weighted by molar-refractivity contribution is 0.748. The molecule has 0 fully saturated rings. The van der Waals surface area contributed by atoms with Crippen molar-refractivity contribution < 1.29 is 0 Å². The normalized spacial score (nSPS) is 15.5. The Kier molecular flexibility index (Phi) is 9.75. The molecule has 0 unspecified atom stereocenters. The third kappa shape index (κ3) is 5.54. The van der Waals surface area contributed by atoms with Gasteiger partial charge in [0.25, 0.3) is 0 Å². The molecule has 0 saturated carbocycles. The Morgan fingerprint density at radius 3 is 1.51 bits per heavy atom. The van der Waals surface area contributed by atoms with Crippen molar-refractivity contribution in [2.24, 2.45) is 0 Å². The minimum absolute atomic E-state index is 0.401. The third-order valence-corrected chi connectivity index (χ3v) is 7.44. The number of rotatable bonds is 12. The fourth-order valence-electron chi connectivity index (χ4n) is 5.22. The average molecular weight is 483 g/mol. The summed E-state index contributed by atoms with van der Waals surface area (Å²) in [6.45, 7) is 14.6. The summed E-state index contributed by atoms with van der Waals surface area (Å²) >= 11 is 5.96. The van der Waals surface area contributed by atoms with Crippen LogP contribution in [0, 0.1) is 0 Å². The quantitative estimate of drug-likeness (QED) is 0.208. The monoisotopic (exact) mass is 482 g/mol. The number of halogens is 1. The highest BCUT2D eigenvalue weighted by Gasteiger charge is 2.45. The molecule has 182 valence electrons. The first-order chi connectivity index (χ1) is 17.0. The predicted octanol–water partition coefficient (Wildman–Crippen LogP) is 9.62. The zero-order valence-electron chi connectivity index (χ0n) is 21.6. The Morgan fingerprint density at radius 2 is 1.14 bits per heavy atom. The molecule has 0 amide bonds. The minimum atomic E-state index is -0.401. The van der Waals surface area contributed by atoms with Gasteiger partial charge in [0.15, 0.2) is 0 Å². The number of aryl methyl sites for hydroxylation is 2. The van der Waals surface area contributed by atoms with E-state index in [2.05, 4.69) is 107 Å². The summed E-state index contributed by atoms with van der Waals surface area (Å²) in [6.07, 6.45) is 17.9. The highest BCUT2D eigenvalue weighted by atomic mass is 35.5. The number of alkyl halides is 1. The molecule has 0 aliphatic heterocycles. The van der Waals surface area contributed by atoms with E-state index in [0.29, 0.717) is 5.88 Å². The molecule has 1 aliphatic rings. The molecule has 1 heteroatoms. The van der Waals surface area contributed by atoms with Gasteiger partial charge in [-0.1, -0.05) is 111 Å². The Hall–Kier alpha value is -2.83. The zero-order valence-corrected chi connectivity index (χ0v) is 22.4. The molecule has 3 rings (SSSR count). The van der Waals surface area contributed by atoms with Crippen molar-refractivity contribution in [2.45, 2.75) is 58.3 Å². The average Bonchev–Trinajstić information content (AvgIpc) is 3.10. The lowest BCUT2D eigenvalue weighted by atomic mass is 9.65. The highest BCUT2D eigenvalue weighted by Crippen LogP contribution is 2.54. The van der Waals surface area contributed by atoms with E-state index in [4.69, 9.17) is 11.6 Å². The van der Waals surface area contributed by atoms with Gasteiger partial charge in [-0.05, 0) is 84.1 Å². The maximum Gasteiger partial charge on any atom is 0.0706 e. The lowest BCUT2D eigenvalue weighted by Gasteiger charge is -2.36. The van der Waals surface area contributed by atoms with Gasteiger partial charge in [0, 0.05) is 5.88 Å². The van der Waals surface area contributed by atoms with E-state index in [1.54, 1.807) is 0 Å². The number of unbranched alkanes of at least 4 members (excludes halogenated alkanes) is 1. The van der Waals surface area contributed by atoms with Gasteiger partial charge < -0.3 is 0 Å². The largest absolute Gasteiger partial charge is 0.127 e. The molecule has 0 spiro atoms. The molecule has 1 aliphatic carbocycles. The van der Waals surface area contributed by atoms with Gasteiger partial charge in [0.2, 0.25) is 0 Å². The van der Waals surface area contributed by atoms with Crippen LogP contribution in [-0.4, -0.2) is 5.88 Å². The van der Waals surface area contributed by atoms with E-state index >= 15 is 0 Å². The summed E-state index contributed by atoms with van der Waals surface area (Å²) in [5.41, 5.74) is 10.1. The van der Waals surface area contributed by atoms with Gasteiger partial charge in [-0.25, -0.2) is 0 Å². The molecular weight excluding hydrogens is 444 g/mol. The fraction of sp³-hybridized carbons (Fsp3) is 0.294. The van der Waals surface area contributed by atoms with Crippen LogP contribution < -0.4 is 0 Å². The van der Waals surface area contributed by atoms with E-state index in [0.717, 1.165) is 19.3 Å². The molecule has 35 heavy (non-hydrogen) atoms. The van der Waals surface area contributed by atoms with Crippen molar-refractivity contribution in [3.63, 3.8) is 0 Å². The van der Waals surface area contributed by atoms with E-state index in [1.165, 1.54) is 57.4 Å². The Morgan fingerprint density at radius 1 is 0.714 bits per heavy atom.